The minimum Gasteiger partial charge on any atom is -0.381 e. The summed E-state index contributed by atoms with van der Waals surface area (Å²) >= 11 is 6.41. The van der Waals surface area contributed by atoms with Gasteiger partial charge in [-0.3, -0.25) is 9.59 Å². The molecule has 0 amide bonds. The van der Waals surface area contributed by atoms with E-state index in [1.807, 2.05) is 0 Å². The maximum Gasteiger partial charge on any atom is 0.188 e. The van der Waals surface area contributed by atoms with Crippen LogP contribution < -0.4 is 0 Å². The summed E-state index contributed by atoms with van der Waals surface area (Å²) in [6.07, 6.45) is 6.63. The van der Waals surface area contributed by atoms with Gasteiger partial charge >= 0.3 is 0 Å². The lowest BCUT2D eigenvalue weighted by Crippen LogP contribution is -2.68. The highest BCUT2D eigenvalue weighted by Gasteiger charge is 2.65. The number of ketones is 2. The van der Waals surface area contributed by atoms with Crippen molar-refractivity contribution in [2.75, 3.05) is 10.7 Å². The lowest BCUT2D eigenvalue weighted by molar-refractivity contribution is -0.173. The monoisotopic (exact) mass is 404 g/mol. The fourth-order valence-corrected chi connectivity index (χ4v) is 5.09. The lowest BCUT2D eigenvalue weighted by atomic mass is 9.50. The molecule has 0 aliphatic heterocycles. The molecule has 1 saturated carbocycles. The highest BCUT2D eigenvalue weighted by Crippen LogP contribution is 2.54. The smallest absolute Gasteiger partial charge is 0.188 e. The third kappa shape index (κ3) is 1.59. The van der Waals surface area contributed by atoms with Crippen molar-refractivity contribution < 1.29 is 19.8 Å². The largest absolute Gasteiger partial charge is 0.381 e. The van der Waals surface area contributed by atoms with Crippen LogP contribution in [0.1, 0.15) is 0 Å². The number of fused-ring (bicyclic) bond motifs is 1. The Balaban J connectivity index is 2.17. The molecule has 6 heteroatoms. The molecule has 0 radical (unpaired) electrons. The molecule has 4 rings (SSSR count). The van der Waals surface area contributed by atoms with Crippen molar-refractivity contribution in [1.29, 1.82) is 0 Å². The van der Waals surface area contributed by atoms with Gasteiger partial charge in [-0.05, 0) is 12.0 Å². The Morgan fingerprint density at radius 2 is 1.70 bits per heavy atom. The second-order valence-corrected chi connectivity index (χ2v) is 6.86. The van der Waals surface area contributed by atoms with Crippen molar-refractivity contribution in [3.05, 3.63) is 24.3 Å². The van der Waals surface area contributed by atoms with Crippen LogP contribution in [0.4, 0.5) is 0 Å². The summed E-state index contributed by atoms with van der Waals surface area (Å²) in [5.74, 6) is -2.39. The van der Waals surface area contributed by atoms with Crippen molar-refractivity contribution in [2.24, 2.45) is 23.7 Å². The SMILES string of the molecule is O=C1C2C=CC(C3C2C=CC(=O)C3(O)CBr)C1(O)CBr. The molecular weight excluding hydrogens is 392 g/mol. The molecule has 20 heavy (non-hydrogen) atoms. The highest BCUT2D eigenvalue weighted by atomic mass is 79.9. The van der Waals surface area contributed by atoms with Crippen LogP contribution >= 0.6 is 31.9 Å². The summed E-state index contributed by atoms with van der Waals surface area (Å²) in [6.45, 7) is 0. The molecule has 0 spiro atoms. The van der Waals surface area contributed by atoms with E-state index in [9.17, 15) is 19.8 Å². The number of carbonyl (C=O) groups is 2. The van der Waals surface area contributed by atoms with Gasteiger partial charge in [-0.1, -0.05) is 50.1 Å². The van der Waals surface area contributed by atoms with Crippen molar-refractivity contribution in [3.8, 4) is 0 Å². The van der Waals surface area contributed by atoms with E-state index in [-0.39, 0.29) is 28.1 Å². The molecule has 1 fully saturated rings. The molecule has 0 heterocycles. The Morgan fingerprint density at radius 1 is 1.05 bits per heavy atom. The molecule has 4 nitrogen and oxygen atoms in total. The minimum atomic E-state index is -1.58. The zero-order chi connectivity index (χ0) is 14.7. The van der Waals surface area contributed by atoms with Crippen molar-refractivity contribution in [3.63, 3.8) is 0 Å². The summed E-state index contributed by atoms with van der Waals surface area (Å²) in [5, 5.41) is 21.6. The van der Waals surface area contributed by atoms with E-state index in [1.54, 1.807) is 18.2 Å². The first-order valence-electron chi connectivity index (χ1n) is 6.42. The first-order chi connectivity index (χ1) is 9.40. The number of carbonyl (C=O) groups excluding carboxylic acids is 2. The Kier molecular flexibility index (Phi) is 3.36. The minimum absolute atomic E-state index is 0.0912. The Labute approximate surface area is 133 Å². The van der Waals surface area contributed by atoms with E-state index < -0.39 is 29.0 Å². The molecule has 4 aliphatic carbocycles. The molecule has 0 aromatic rings. The summed E-state index contributed by atoms with van der Waals surface area (Å²) in [6, 6.07) is 0. The van der Waals surface area contributed by atoms with Gasteiger partial charge in [0.05, 0.1) is 0 Å². The normalized spacial score (nSPS) is 49.6. The van der Waals surface area contributed by atoms with Crippen LogP contribution in [0.3, 0.4) is 0 Å². The van der Waals surface area contributed by atoms with Gasteiger partial charge in [0.1, 0.15) is 11.2 Å². The summed E-state index contributed by atoms with van der Waals surface area (Å²) in [5.41, 5.74) is -3.13. The van der Waals surface area contributed by atoms with Crippen LogP contribution in [0.15, 0.2) is 24.3 Å². The van der Waals surface area contributed by atoms with Crippen LogP contribution in [0.5, 0.6) is 0 Å². The van der Waals surface area contributed by atoms with Gasteiger partial charge in [-0.25, -0.2) is 0 Å². The summed E-state index contributed by atoms with van der Waals surface area (Å²) in [4.78, 5) is 24.5. The number of aliphatic hydroxyl groups is 2. The molecular formula is C14H14Br2O4. The average molecular weight is 406 g/mol. The van der Waals surface area contributed by atoms with Crippen LogP contribution in [0.2, 0.25) is 0 Å². The fourth-order valence-electron chi connectivity index (χ4n) is 3.79. The van der Waals surface area contributed by atoms with Gasteiger partial charge < -0.3 is 10.2 Å². The van der Waals surface area contributed by atoms with Gasteiger partial charge in [0.2, 0.25) is 0 Å². The summed E-state index contributed by atoms with van der Waals surface area (Å²) < 4.78 is 0. The van der Waals surface area contributed by atoms with Gasteiger partial charge in [-0.2, -0.15) is 0 Å². The van der Waals surface area contributed by atoms with Crippen molar-refractivity contribution >= 4 is 43.4 Å². The number of hydrogen-bond acceptors (Lipinski definition) is 4. The zero-order valence-corrected chi connectivity index (χ0v) is 13.7. The zero-order valence-electron chi connectivity index (χ0n) is 10.5. The molecule has 2 N–H and O–H groups in total. The Bertz CT molecular complexity index is 543. The predicted molar refractivity (Wildman–Crippen MR) is 79.7 cm³/mol. The quantitative estimate of drug-likeness (QED) is 0.530. The number of hydrogen-bond donors (Lipinski definition) is 2. The van der Waals surface area contributed by atoms with Crippen molar-refractivity contribution in [1.82, 2.24) is 0 Å². The topological polar surface area (TPSA) is 74.6 Å². The van der Waals surface area contributed by atoms with E-state index in [0.29, 0.717) is 0 Å². The molecule has 6 unspecified atom stereocenters. The molecule has 108 valence electrons. The highest BCUT2D eigenvalue weighted by molar-refractivity contribution is 9.09. The number of halogens is 2. The van der Waals surface area contributed by atoms with Crippen LogP contribution in [-0.2, 0) is 9.59 Å². The van der Waals surface area contributed by atoms with Gasteiger partial charge in [0.25, 0.3) is 0 Å². The van der Waals surface area contributed by atoms with Crippen LogP contribution in [-0.4, -0.2) is 43.6 Å². The first-order valence-corrected chi connectivity index (χ1v) is 8.66. The number of Topliss-reactive ketones (excluding diaryl/α,β-unsaturated/α-hetero) is 1. The van der Waals surface area contributed by atoms with Crippen LogP contribution in [0.25, 0.3) is 0 Å². The van der Waals surface area contributed by atoms with E-state index in [1.165, 1.54) is 6.08 Å². The molecule has 0 aromatic carbocycles. The third-order valence-electron chi connectivity index (χ3n) is 4.88. The Hall–Kier alpha value is -0.300. The molecule has 0 saturated heterocycles. The molecule has 6 atom stereocenters. The van der Waals surface area contributed by atoms with E-state index in [4.69, 9.17) is 0 Å². The average Bonchev–Trinajstić information content (AvgIpc) is 2.47. The number of alkyl halides is 2. The van der Waals surface area contributed by atoms with E-state index in [0.717, 1.165) is 0 Å². The van der Waals surface area contributed by atoms with Crippen LogP contribution in [0, 0.1) is 23.7 Å². The maximum atomic E-state index is 12.4. The number of allylic oxidation sites excluding steroid dienone is 2. The number of rotatable bonds is 2. The van der Waals surface area contributed by atoms with E-state index >= 15 is 0 Å². The lowest BCUT2D eigenvalue weighted by Gasteiger charge is -2.56. The predicted octanol–water partition coefficient (Wildman–Crippen LogP) is 0.995. The molecule has 0 aromatic heterocycles. The summed E-state index contributed by atoms with van der Waals surface area (Å²) in [7, 11) is 0. The fraction of sp³-hybridized carbons (Fsp3) is 0.571. The second-order valence-electron chi connectivity index (χ2n) is 5.74. The van der Waals surface area contributed by atoms with Crippen molar-refractivity contribution in [2.45, 2.75) is 11.2 Å². The third-order valence-corrected chi connectivity index (χ3v) is 6.59. The Morgan fingerprint density at radius 3 is 2.30 bits per heavy atom. The van der Waals surface area contributed by atoms with Gasteiger partial charge in [0.15, 0.2) is 11.6 Å². The molecule has 2 bridgehead atoms. The van der Waals surface area contributed by atoms with Gasteiger partial charge in [-0.15, -0.1) is 0 Å². The van der Waals surface area contributed by atoms with E-state index in [2.05, 4.69) is 31.9 Å². The van der Waals surface area contributed by atoms with Gasteiger partial charge in [0, 0.05) is 28.4 Å². The first kappa shape index (κ1) is 14.6. The molecule has 4 aliphatic rings. The standard InChI is InChI=1S/C14H14Br2O4/c15-5-13(19)9-3-1-8(12(13)18)7-2-4-10(17)14(20,6-16)11(7)9/h1-4,7-9,11,19-20H,5-6H2. The maximum absolute atomic E-state index is 12.4. The second kappa shape index (κ2) is 4.60.